The SMILES string of the molecule is O=C(/C=C/c1ccc(C2CC2)nc1OCC1CC1)Nc1cccc2[nH]c(=O)[nH]c12. The number of carbonyl (C=O) groups excluding carboxylic acids is 1. The summed E-state index contributed by atoms with van der Waals surface area (Å²) in [5, 5.41) is 2.81. The number of rotatable bonds is 7. The number of H-pyrrole nitrogens is 2. The van der Waals surface area contributed by atoms with Crippen LogP contribution in [-0.4, -0.2) is 27.5 Å². The zero-order chi connectivity index (χ0) is 19.8. The highest BCUT2D eigenvalue weighted by atomic mass is 16.5. The van der Waals surface area contributed by atoms with E-state index in [1.165, 1.54) is 31.8 Å². The second-order valence-electron chi connectivity index (χ2n) is 7.79. The van der Waals surface area contributed by atoms with Crippen molar-refractivity contribution in [3.8, 4) is 5.88 Å². The van der Waals surface area contributed by atoms with Crippen LogP contribution in [0.5, 0.6) is 5.88 Å². The second-order valence-corrected chi connectivity index (χ2v) is 7.79. The van der Waals surface area contributed by atoms with Crippen molar-refractivity contribution < 1.29 is 9.53 Å². The summed E-state index contributed by atoms with van der Waals surface area (Å²) < 4.78 is 5.95. The highest BCUT2D eigenvalue weighted by Crippen LogP contribution is 2.40. The maximum absolute atomic E-state index is 12.4. The Labute approximate surface area is 167 Å². The van der Waals surface area contributed by atoms with E-state index in [9.17, 15) is 9.59 Å². The number of benzene rings is 1. The van der Waals surface area contributed by atoms with Gasteiger partial charge in [-0.2, -0.15) is 0 Å². The maximum Gasteiger partial charge on any atom is 0.323 e. The number of carbonyl (C=O) groups is 1. The van der Waals surface area contributed by atoms with Gasteiger partial charge in [0, 0.05) is 23.3 Å². The van der Waals surface area contributed by atoms with Crippen LogP contribution in [0.15, 0.2) is 41.2 Å². The van der Waals surface area contributed by atoms with Crippen LogP contribution < -0.4 is 15.7 Å². The number of anilines is 1. The third kappa shape index (κ3) is 4.08. The molecular formula is C22H22N4O3. The largest absolute Gasteiger partial charge is 0.477 e. The number of hydrogen-bond acceptors (Lipinski definition) is 4. The Morgan fingerprint density at radius 1 is 1.17 bits per heavy atom. The third-order valence-electron chi connectivity index (χ3n) is 5.28. The predicted octanol–water partition coefficient (Wildman–Crippen LogP) is 3.57. The monoisotopic (exact) mass is 390 g/mol. The molecular weight excluding hydrogens is 368 g/mol. The molecule has 2 aliphatic rings. The van der Waals surface area contributed by atoms with Gasteiger partial charge in [-0.25, -0.2) is 9.78 Å². The number of nitrogens with zero attached hydrogens (tertiary/aromatic N) is 1. The van der Waals surface area contributed by atoms with Gasteiger partial charge in [-0.3, -0.25) is 4.79 Å². The van der Waals surface area contributed by atoms with Gasteiger partial charge < -0.3 is 20.0 Å². The molecule has 1 aromatic carbocycles. The van der Waals surface area contributed by atoms with Crippen molar-refractivity contribution in [1.29, 1.82) is 0 Å². The van der Waals surface area contributed by atoms with Crippen molar-refractivity contribution >= 4 is 28.7 Å². The van der Waals surface area contributed by atoms with Gasteiger partial charge in [0.25, 0.3) is 0 Å². The van der Waals surface area contributed by atoms with E-state index in [1.807, 2.05) is 12.1 Å². The fourth-order valence-electron chi connectivity index (χ4n) is 3.30. The van der Waals surface area contributed by atoms with Crippen LogP contribution in [0.4, 0.5) is 5.69 Å². The molecule has 29 heavy (non-hydrogen) atoms. The summed E-state index contributed by atoms with van der Waals surface area (Å²) in [5.41, 5.74) is 3.31. The zero-order valence-corrected chi connectivity index (χ0v) is 15.9. The van der Waals surface area contributed by atoms with Gasteiger partial charge in [0.1, 0.15) is 0 Å². The Bertz CT molecular complexity index is 1150. The lowest BCUT2D eigenvalue weighted by molar-refractivity contribution is -0.111. The molecule has 0 spiro atoms. The topological polar surface area (TPSA) is 99.9 Å². The van der Waals surface area contributed by atoms with Crippen molar-refractivity contribution in [3.05, 3.63) is 58.1 Å². The molecule has 5 rings (SSSR count). The van der Waals surface area contributed by atoms with Crippen LogP contribution in [0.3, 0.4) is 0 Å². The molecule has 0 radical (unpaired) electrons. The molecule has 7 heteroatoms. The summed E-state index contributed by atoms with van der Waals surface area (Å²) in [4.78, 5) is 34.0. The summed E-state index contributed by atoms with van der Waals surface area (Å²) in [5.74, 6) is 1.48. The van der Waals surface area contributed by atoms with Crippen LogP contribution in [0.2, 0.25) is 0 Å². The summed E-state index contributed by atoms with van der Waals surface area (Å²) in [6.07, 6.45) is 7.97. The summed E-state index contributed by atoms with van der Waals surface area (Å²) in [7, 11) is 0. The van der Waals surface area contributed by atoms with E-state index < -0.39 is 0 Å². The van der Waals surface area contributed by atoms with Crippen molar-refractivity contribution in [2.24, 2.45) is 5.92 Å². The van der Waals surface area contributed by atoms with Gasteiger partial charge in [0.15, 0.2) is 0 Å². The zero-order valence-electron chi connectivity index (χ0n) is 15.9. The molecule has 2 heterocycles. The Hall–Kier alpha value is -3.35. The minimum absolute atomic E-state index is 0.293. The van der Waals surface area contributed by atoms with E-state index in [0.29, 0.717) is 41.0 Å². The minimum atomic E-state index is -0.309. The van der Waals surface area contributed by atoms with Crippen LogP contribution in [0.1, 0.15) is 42.9 Å². The number of para-hydroxylation sites is 1. The van der Waals surface area contributed by atoms with E-state index >= 15 is 0 Å². The number of aromatic nitrogens is 3. The Morgan fingerprint density at radius 2 is 2.03 bits per heavy atom. The van der Waals surface area contributed by atoms with Gasteiger partial charge in [0.05, 0.1) is 23.3 Å². The van der Waals surface area contributed by atoms with Crippen LogP contribution in [0.25, 0.3) is 17.1 Å². The van der Waals surface area contributed by atoms with Crippen molar-refractivity contribution in [2.45, 2.75) is 31.6 Å². The molecule has 0 bridgehead atoms. The number of ether oxygens (including phenoxy) is 1. The van der Waals surface area contributed by atoms with Gasteiger partial charge in [-0.05, 0) is 61.9 Å². The smallest absolute Gasteiger partial charge is 0.323 e. The molecule has 1 amide bonds. The van der Waals surface area contributed by atoms with Crippen molar-refractivity contribution in [2.75, 3.05) is 11.9 Å². The molecule has 2 aromatic heterocycles. The molecule has 3 N–H and O–H groups in total. The molecule has 2 saturated carbocycles. The molecule has 0 aliphatic heterocycles. The first-order chi connectivity index (χ1) is 14.2. The molecule has 148 valence electrons. The van der Waals surface area contributed by atoms with E-state index in [0.717, 1.165) is 11.3 Å². The highest BCUT2D eigenvalue weighted by molar-refractivity contribution is 6.06. The molecule has 0 atom stereocenters. The van der Waals surface area contributed by atoms with Crippen LogP contribution in [0, 0.1) is 5.92 Å². The first kappa shape index (κ1) is 17.7. The van der Waals surface area contributed by atoms with E-state index in [1.54, 1.807) is 24.3 Å². The molecule has 3 aromatic rings. The normalized spacial score (nSPS) is 16.4. The van der Waals surface area contributed by atoms with E-state index in [-0.39, 0.29) is 11.6 Å². The summed E-state index contributed by atoms with van der Waals surface area (Å²) >= 11 is 0. The Morgan fingerprint density at radius 3 is 2.83 bits per heavy atom. The van der Waals surface area contributed by atoms with Gasteiger partial charge in [-0.15, -0.1) is 0 Å². The number of aromatic amines is 2. The number of fused-ring (bicyclic) bond motifs is 1. The van der Waals surface area contributed by atoms with E-state index in [4.69, 9.17) is 9.72 Å². The standard InChI is InChI=1S/C22H22N4O3/c27-19(23-17-2-1-3-18-20(17)26-22(28)25-18)11-9-15-8-10-16(14-6-7-14)24-21(15)29-12-13-4-5-13/h1-3,8-11,13-14H,4-7,12H2,(H,23,27)(H2,25,26,28)/b11-9+. The summed E-state index contributed by atoms with van der Waals surface area (Å²) in [6.45, 7) is 0.678. The first-order valence-electron chi connectivity index (χ1n) is 9.99. The fraction of sp³-hybridized carbons (Fsp3) is 0.318. The Balaban J connectivity index is 1.34. The highest BCUT2D eigenvalue weighted by Gasteiger charge is 2.27. The maximum atomic E-state index is 12.4. The number of imidazole rings is 1. The van der Waals surface area contributed by atoms with Gasteiger partial charge >= 0.3 is 5.69 Å². The lowest BCUT2D eigenvalue weighted by Crippen LogP contribution is -2.09. The first-order valence-corrected chi connectivity index (χ1v) is 9.99. The molecule has 0 saturated heterocycles. The van der Waals surface area contributed by atoms with Crippen LogP contribution >= 0.6 is 0 Å². The molecule has 0 unspecified atom stereocenters. The number of pyridine rings is 1. The fourth-order valence-corrected chi connectivity index (χ4v) is 3.30. The molecule has 7 nitrogen and oxygen atoms in total. The van der Waals surface area contributed by atoms with Gasteiger partial charge in [0.2, 0.25) is 11.8 Å². The van der Waals surface area contributed by atoms with E-state index in [2.05, 4.69) is 15.3 Å². The van der Waals surface area contributed by atoms with Crippen molar-refractivity contribution in [3.63, 3.8) is 0 Å². The van der Waals surface area contributed by atoms with Crippen LogP contribution in [-0.2, 0) is 4.79 Å². The average molecular weight is 390 g/mol. The number of amides is 1. The lowest BCUT2D eigenvalue weighted by Gasteiger charge is -2.10. The molecule has 2 aliphatic carbocycles. The predicted molar refractivity (Wildman–Crippen MR) is 111 cm³/mol. The van der Waals surface area contributed by atoms with Crippen molar-refractivity contribution in [1.82, 2.24) is 15.0 Å². The van der Waals surface area contributed by atoms with Gasteiger partial charge in [-0.1, -0.05) is 6.07 Å². The quantitative estimate of drug-likeness (QED) is 0.537. The minimum Gasteiger partial charge on any atom is -0.477 e. The lowest BCUT2D eigenvalue weighted by atomic mass is 10.2. The second kappa shape index (κ2) is 7.24. The number of hydrogen-bond donors (Lipinski definition) is 3. The number of nitrogens with one attached hydrogen (secondary N) is 3. The third-order valence-corrected chi connectivity index (χ3v) is 5.28. The Kier molecular flexibility index (Phi) is 4.42. The average Bonchev–Trinajstić information content (AvgIpc) is 3.63. The molecule has 2 fully saturated rings. The summed E-state index contributed by atoms with van der Waals surface area (Å²) in [6, 6.07) is 9.28.